The molecule has 0 spiro atoms. The number of carbonyl (C=O) groups is 2. The van der Waals surface area contributed by atoms with E-state index in [-0.39, 0.29) is 17.5 Å². The van der Waals surface area contributed by atoms with E-state index in [9.17, 15) is 19.1 Å². The summed E-state index contributed by atoms with van der Waals surface area (Å²) in [6.07, 6.45) is 3.30. The van der Waals surface area contributed by atoms with Crippen LogP contribution in [-0.4, -0.2) is 48.9 Å². The van der Waals surface area contributed by atoms with Gasteiger partial charge < -0.3 is 24.3 Å². The van der Waals surface area contributed by atoms with Crippen LogP contribution in [0.3, 0.4) is 0 Å². The Kier molecular flexibility index (Phi) is 4.97. The van der Waals surface area contributed by atoms with Gasteiger partial charge in [0.2, 0.25) is 5.91 Å². The minimum atomic E-state index is -1.12. The third kappa shape index (κ3) is 3.64. The standard InChI is InChI=1S/C29H30FN5O4/c1-15(31-27(38)28-12-29(30,13-28)14-28)19-7-6-17-9-21(35(24(17)32-19)11-16-4-5-16)25-33-20-8-18(26(36)37)10-22(39-3)23(20)34(25)2/h6-10,15-16H,4-5,11-14H2,1-3H3,(H,31,38)(H,36,37)/t15-,28?,29?/m1/s1. The number of carbonyl (C=O) groups excluding carboxylic acids is 1. The maximum absolute atomic E-state index is 14.0. The van der Waals surface area contributed by atoms with Crippen LogP contribution in [-0.2, 0) is 18.4 Å². The predicted molar refractivity (Wildman–Crippen MR) is 142 cm³/mol. The number of methoxy groups -OCH3 is 1. The van der Waals surface area contributed by atoms with Crippen molar-refractivity contribution in [3.05, 3.63) is 41.6 Å². The molecule has 9 nitrogen and oxygen atoms in total. The number of fused-ring (bicyclic) bond motifs is 2. The van der Waals surface area contributed by atoms with Crippen molar-refractivity contribution in [1.82, 2.24) is 24.4 Å². The first-order valence-electron chi connectivity index (χ1n) is 13.4. The Morgan fingerprint density at radius 1 is 1.21 bits per heavy atom. The van der Waals surface area contributed by atoms with Crippen molar-refractivity contribution in [1.29, 1.82) is 0 Å². The number of pyridine rings is 1. The SMILES string of the molecule is COc1cc(C(=O)O)cc2nc(-c3cc4ccc([C@@H](C)NC(=O)C56CC(F)(C5)C6)nc4n3CC3CC3)n(C)c12. The summed E-state index contributed by atoms with van der Waals surface area (Å²) in [5.41, 5.74) is 2.17. The Labute approximate surface area is 224 Å². The van der Waals surface area contributed by atoms with E-state index in [0.29, 0.717) is 42.3 Å². The first-order chi connectivity index (χ1) is 18.6. The molecule has 1 aromatic carbocycles. The van der Waals surface area contributed by atoms with E-state index in [4.69, 9.17) is 14.7 Å². The van der Waals surface area contributed by atoms with E-state index < -0.39 is 17.1 Å². The number of carboxylic acids is 1. The van der Waals surface area contributed by atoms with Gasteiger partial charge in [0.25, 0.3) is 0 Å². The molecule has 8 rings (SSSR count). The van der Waals surface area contributed by atoms with Crippen molar-refractivity contribution < 1.29 is 23.8 Å². The molecule has 202 valence electrons. The highest BCUT2D eigenvalue weighted by Crippen LogP contribution is 2.69. The van der Waals surface area contributed by atoms with Gasteiger partial charge in [-0.05, 0) is 75.3 Å². The number of nitrogens with one attached hydrogen (secondary N) is 1. The average Bonchev–Trinajstić information content (AvgIpc) is 3.54. The predicted octanol–water partition coefficient (Wildman–Crippen LogP) is 4.78. The summed E-state index contributed by atoms with van der Waals surface area (Å²) in [6.45, 7) is 2.70. The molecule has 4 fully saturated rings. The van der Waals surface area contributed by atoms with Crippen molar-refractivity contribution in [3.63, 3.8) is 0 Å². The quantitative estimate of drug-likeness (QED) is 0.339. The highest BCUT2D eigenvalue weighted by molar-refractivity contribution is 5.96. The van der Waals surface area contributed by atoms with Crippen LogP contribution in [0.5, 0.6) is 5.75 Å². The molecule has 0 aliphatic heterocycles. The minimum absolute atomic E-state index is 0.0835. The molecule has 2 bridgehead atoms. The molecule has 4 aromatic rings. The number of carboxylic acid groups (broad SMARTS) is 1. The fourth-order valence-electron chi connectivity index (χ4n) is 6.46. The van der Waals surface area contributed by atoms with E-state index in [1.54, 1.807) is 6.07 Å². The largest absolute Gasteiger partial charge is 0.494 e. The lowest BCUT2D eigenvalue weighted by Gasteiger charge is -2.64. The van der Waals surface area contributed by atoms with Crippen LogP contribution in [0, 0.1) is 11.3 Å². The van der Waals surface area contributed by atoms with Gasteiger partial charge in [-0.25, -0.2) is 19.2 Å². The molecule has 0 unspecified atom stereocenters. The molecule has 10 heteroatoms. The van der Waals surface area contributed by atoms with Crippen molar-refractivity contribution in [3.8, 4) is 17.3 Å². The summed E-state index contributed by atoms with van der Waals surface area (Å²) >= 11 is 0. The van der Waals surface area contributed by atoms with E-state index in [1.165, 1.54) is 13.2 Å². The molecule has 0 saturated heterocycles. The van der Waals surface area contributed by atoms with Crippen molar-refractivity contribution >= 4 is 33.9 Å². The van der Waals surface area contributed by atoms with Crippen LogP contribution >= 0.6 is 0 Å². The number of alkyl halides is 1. The number of benzene rings is 1. The van der Waals surface area contributed by atoms with Gasteiger partial charge in [0.1, 0.15) is 22.6 Å². The Morgan fingerprint density at radius 3 is 2.59 bits per heavy atom. The van der Waals surface area contributed by atoms with Gasteiger partial charge in [-0.2, -0.15) is 0 Å². The van der Waals surface area contributed by atoms with Crippen LogP contribution in [0.1, 0.15) is 61.1 Å². The number of rotatable bonds is 8. The Hall–Kier alpha value is -3.95. The highest BCUT2D eigenvalue weighted by atomic mass is 19.1. The third-order valence-electron chi connectivity index (χ3n) is 8.77. The number of halogens is 1. The van der Waals surface area contributed by atoms with Gasteiger partial charge in [-0.1, -0.05) is 0 Å². The number of amides is 1. The molecular formula is C29H30FN5O4. The number of imidazole rings is 1. The second-order valence-corrected chi connectivity index (χ2v) is 11.7. The van der Waals surface area contributed by atoms with Gasteiger partial charge in [0.05, 0.1) is 41.0 Å². The van der Waals surface area contributed by atoms with Crippen molar-refractivity contribution in [2.75, 3.05) is 7.11 Å². The molecule has 1 atom stereocenters. The third-order valence-corrected chi connectivity index (χ3v) is 8.77. The number of hydrogen-bond acceptors (Lipinski definition) is 5. The van der Waals surface area contributed by atoms with Crippen LogP contribution in [0.4, 0.5) is 4.39 Å². The van der Waals surface area contributed by atoms with E-state index in [1.807, 2.05) is 30.7 Å². The number of ether oxygens (including phenoxy) is 1. The lowest BCUT2D eigenvalue weighted by atomic mass is 9.42. The minimum Gasteiger partial charge on any atom is -0.494 e. The van der Waals surface area contributed by atoms with E-state index in [0.717, 1.165) is 47.3 Å². The number of hydrogen-bond donors (Lipinski definition) is 2. The number of aromatic nitrogens is 4. The van der Waals surface area contributed by atoms with E-state index >= 15 is 0 Å². The first-order valence-corrected chi connectivity index (χ1v) is 13.4. The van der Waals surface area contributed by atoms with Gasteiger partial charge in [-0.15, -0.1) is 0 Å². The second kappa shape index (κ2) is 8.03. The summed E-state index contributed by atoms with van der Waals surface area (Å²) in [4.78, 5) is 34.4. The lowest BCUT2D eigenvalue weighted by Crippen LogP contribution is -2.70. The molecule has 3 aromatic heterocycles. The van der Waals surface area contributed by atoms with Crippen LogP contribution < -0.4 is 10.1 Å². The molecule has 3 heterocycles. The number of aryl methyl sites for hydroxylation is 1. The number of nitrogens with zero attached hydrogens (tertiary/aromatic N) is 4. The number of aromatic carboxylic acids is 1. The smallest absolute Gasteiger partial charge is 0.335 e. The van der Waals surface area contributed by atoms with Crippen LogP contribution in [0.25, 0.3) is 33.6 Å². The molecular weight excluding hydrogens is 501 g/mol. The fourth-order valence-corrected chi connectivity index (χ4v) is 6.46. The Bertz CT molecular complexity index is 1680. The fraction of sp³-hybridized carbons (Fsp3) is 0.448. The van der Waals surface area contributed by atoms with Crippen molar-refractivity contribution in [2.45, 2.75) is 57.3 Å². The lowest BCUT2D eigenvalue weighted by molar-refractivity contribution is -0.214. The molecule has 4 aliphatic carbocycles. The first kappa shape index (κ1) is 24.1. The van der Waals surface area contributed by atoms with Crippen LogP contribution in [0.2, 0.25) is 0 Å². The molecule has 39 heavy (non-hydrogen) atoms. The summed E-state index contributed by atoms with van der Waals surface area (Å²) in [5.74, 6) is 0.572. The monoisotopic (exact) mass is 531 g/mol. The molecule has 4 saturated carbocycles. The Morgan fingerprint density at radius 2 is 1.95 bits per heavy atom. The summed E-state index contributed by atoms with van der Waals surface area (Å²) in [7, 11) is 3.42. The Balaban J connectivity index is 1.29. The van der Waals surface area contributed by atoms with Crippen molar-refractivity contribution in [2.24, 2.45) is 18.4 Å². The highest BCUT2D eigenvalue weighted by Gasteiger charge is 2.72. The second-order valence-electron chi connectivity index (χ2n) is 11.7. The van der Waals surface area contributed by atoms with Crippen LogP contribution in [0.15, 0.2) is 30.3 Å². The van der Waals surface area contributed by atoms with E-state index in [2.05, 4.69) is 16.0 Å². The molecule has 2 N–H and O–H groups in total. The zero-order chi connectivity index (χ0) is 27.3. The van der Waals surface area contributed by atoms with Gasteiger partial charge in [0.15, 0.2) is 5.82 Å². The average molecular weight is 532 g/mol. The topological polar surface area (TPSA) is 111 Å². The summed E-state index contributed by atoms with van der Waals surface area (Å²) in [5, 5.41) is 13.6. The maximum atomic E-state index is 14.0. The molecule has 1 amide bonds. The normalized spacial score (nSPS) is 24.3. The molecule has 0 radical (unpaired) electrons. The van der Waals surface area contributed by atoms with Gasteiger partial charge in [0, 0.05) is 19.0 Å². The molecule has 4 aliphatic rings. The summed E-state index contributed by atoms with van der Waals surface area (Å²) < 4.78 is 23.6. The zero-order valence-electron chi connectivity index (χ0n) is 22.1. The summed E-state index contributed by atoms with van der Waals surface area (Å²) in [6, 6.07) is 8.76. The van der Waals surface area contributed by atoms with Gasteiger partial charge >= 0.3 is 5.97 Å². The zero-order valence-corrected chi connectivity index (χ0v) is 22.1. The van der Waals surface area contributed by atoms with Gasteiger partial charge in [-0.3, -0.25) is 4.79 Å². The maximum Gasteiger partial charge on any atom is 0.335 e.